The van der Waals surface area contributed by atoms with E-state index in [0.29, 0.717) is 35.5 Å². The fourth-order valence-electron chi connectivity index (χ4n) is 3.03. The normalized spacial score (nSPS) is 10.7. The van der Waals surface area contributed by atoms with Gasteiger partial charge in [0.25, 0.3) is 11.5 Å². The second kappa shape index (κ2) is 8.18. The smallest absolute Gasteiger partial charge is 0.325 e. The Morgan fingerprint density at radius 1 is 1.11 bits per heavy atom. The van der Waals surface area contributed by atoms with Gasteiger partial charge in [0.1, 0.15) is 0 Å². The summed E-state index contributed by atoms with van der Waals surface area (Å²) >= 11 is 1.61. The molecule has 2 N–H and O–H groups in total. The summed E-state index contributed by atoms with van der Waals surface area (Å²) in [6.45, 7) is 4.98. The number of aromatic amines is 2. The first-order valence-electron chi connectivity index (χ1n) is 8.73. The summed E-state index contributed by atoms with van der Waals surface area (Å²) in [5.41, 5.74) is 2.26. The van der Waals surface area contributed by atoms with Crippen LogP contribution in [-0.4, -0.2) is 27.3 Å². The molecule has 0 aliphatic heterocycles. The molecule has 0 bridgehead atoms. The largest absolute Gasteiger partial charge is 0.334 e. The Morgan fingerprint density at radius 3 is 2.44 bits per heavy atom. The monoisotopic (exact) mass is 383 g/mol. The molecule has 0 radical (unpaired) electrons. The van der Waals surface area contributed by atoms with Crippen molar-refractivity contribution >= 4 is 17.2 Å². The van der Waals surface area contributed by atoms with Crippen LogP contribution in [0.15, 0.2) is 50.7 Å². The lowest BCUT2D eigenvalue weighted by atomic mass is 10.0. The van der Waals surface area contributed by atoms with Crippen molar-refractivity contribution in [2.75, 3.05) is 6.54 Å². The Bertz CT molecular complexity index is 1030. The molecule has 0 aliphatic rings. The van der Waals surface area contributed by atoms with Crippen molar-refractivity contribution in [2.24, 2.45) is 0 Å². The van der Waals surface area contributed by atoms with Crippen molar-refractivity contribution in [3.8, 4) is 11.1 Å². The number of nitrogens with one attached hydrogen (secondary N) is 2. The first kappa shape index (κ1) is 18.8. The number of amides is 1. The minimum absolute atomic E-state index is 0.0401. The summed E-state index contributed by atoms with van der Waals surface area (Å²) in [6, 6.07) is 8.93. The molecule has 0 aliphatic carbocycles. The Hall–Kier alpha value is -2.93. The molecular formula is C20H21N3O3S. The molecule has 0 spiro atoms. The molecule has 2 heterocycles. The van der Waals surface area contributed by atoms with E-state index in [-0.39, 0.29) is 5.91 Å². The van der Waals surface area contributed by atoms with E-state index in [9.17, 15) is 14.4 Å². The van der Waals surface area contributed by atoms with Crippen molar-refractivity contribution in [3.05, 3.63) is 78.8 Å². The number of aryl methyl sites for hydroxylation is 1. The predicted octanol–water partition coefficient (Wildman–Crippen LogP) is 3.15. The fraction of sp³-hybridized carbons (Fsp3) is 0.250. The maximum atomic E-state index is 12.9. The molecule has 3 rings (SSSR count). The lowest BCUT2D eigenvalue weighted by Crippen LogP contribution is -2.31. The quantitative estimate of drug-likeness (QED) is 0.686. The van der Waals surface area contributed by atoms with Gasteiger partial charge in [-0.05, 0) is 53.4 Å². The van der Waals surface area contributed by atoms with E-state index in [0.717, 1.165) is 12.0 Å². The lowest BCUT2D eigenvalue weighted by molar-refractivity contribution is 0.0743. The Morgan fingerprint density at radius 2 is 1.85 bits per heavy atom. The third-order valence-corrected chi connectivity index (χ3v) is 5.02. The van der Waals surface area contributed by atoms with Crippen LogP contribution in [0.2, 0.25) is 0 Å². The van der Waals surface area contributed by atoms with Crippen molar-refractivity contribution in [1.29, 1.82) is 0 Å². The van der Waals surface area contributed by atoms with E-state index in [1.165, 1.54) is 0 Å². The number of rotatable bonds is 6. The summed E-state index contributed by atoms with van der Waals surface area (Å²) in [7, 11) is 0. The highest BCUT2D eigenvalue weighted by molar-refractivity contribution is 7.07. The molecule has 3 aromatic rings. The number of aromatic nitrogens is 2. The zero-order valence-corrected chi connectivity index (χ0v) is 16.1. The average Bonchev–Trinajstić information content (AvgIpc) is 3.14. The standard InChI is InChI=1S/C20H21N3O3S/c1-3-9-23(11-14-8-10-27-12-14)19(25)16-6-4-15(5-7-16)17-13(2)21-20(26)22-18(17)24/h4-8,10,12H,3,9,11H2,1-2H3,(H2,21,22,24,26). The van der Waals surface area contributed by atoms with Gasteiger partial charge in [-0.2, -0.15) is 11.3 Å². The van der Waals surface area contributed by atoms with Crippen molar-refractivity contribution in [1.82, 2.24) is 14.9 Å². The third kappa shape index (κ3) is 4.25. The maximum absolute atomic E-state index is 12.9. The van der Waals surface area contributed by atoms with Crippen LogP contribution < -0.4 is 11.2 Å². The zero-order chi connectivity index (χ0) is 19.4. The molecular weight excluding hydrogens is 362 g/mol. The van der Waals surface area contributed by atoms with E-state index in [2.05, 4.69) is 9.97 Å². The third-order valence-electron chi connectivity index (χ3n) is 4.28. The van der Waals surface area contributed by atoms with Gasteiger partial charge < -0.3 is 9.88 Å². The van der Waals surface area contributed by atoms with Crippen molar-refractivity contribution in [3.63, 3.8) is 0 Å². The Labute approximate surface area is 160 Å². The van der Waals surface area contributed by atoms with Gasteiger partial charge in [-0.1, -0.05) is 19.1 Å². The van der Waals surface area contributed by atoms with Gasteiger partial charge in [0.2, 0.25) is 0 Å². The molecule has 0 fully saturated rings. The van der Waals surface area contributed by atoms with E-state index in [4.69, 9.17) is 0 Å². The highest BCUT2D eigenvalue weighted by Gasteiger charge is 2.16. The number of hydrogen-bond acceptors (Lipinski definition) is 4. The van der Waals surface area contributed by atoms with Crippen LogP contribution in [0.5, 0.6) is 0 Å². The minimum atomic E-state index is -0.531. The molecule has 1 aromatic carbocycles. The van der Waals surface area contributed by atoms with Crippen LogP contribution in [0.25, 0.3) is 11.1 Å². The molecule has 1 amide bonds. The number of thiophene rings is 1. The number of H-pyrrole nitrogens is 2. The van der Waals surface area contributed by atoms with Gasteiger partial charge in [-0.25, -0.2) is 4.79 Å². The van der Waals surface area contributed by atoms with E-state index in [1.54, 1.807) is 42.5 Å². The van der Waals surface area contributed by atoms with Gasteiger partial charge in [-0.15, -0.1) is 0 Å². The van der Waals surface area contributed by atoms with Crippen LogP contribution in [0.3, 0.4) is 0 Å². The second-order valence-corrected chi connectivity index (χ2v) is 7.12. The van der Waals surface area contributed by atoms with Gasteiger partial charge >= 0.3 is 5.69 Å². The molecule has 0 saturated carbocycles. The average molecular weight is 383 g/mol. The van der Waals surface area contributed by atoms with Gasteiger partial charge in [0.05, 0.1) is 5.56 Å². The first-order chi connectivity index (χ1) is 13.0. The van der Waals surface area contributed by atoms with Crippen LogP contribution in [0, 0.1) is 6.92 Å². The predicted molar refractivity (Wildman–Crippen MR) is 107 cm³/mol. The van der Waals surface area contributed by atoms with Crippen LogP contribution in [0.4, 0.5) is 0 Å². The van der Waals surface area contributed by atoms with Crippen molar-refractivity contribution in [2.45, 2.75) is 26.8 Å². The summed E-state index contributed by atoms with van der Waals surface area (Å²) < 4.78 is 0. The summed E-state index contributed by atoms with van der Waals surface area (Å²) in [4.78, 5) is 43.0. The van der Waals surface area contributed by atoms with Crippen LogP contribution >= 0.6 is 11.3 Å². The fourth-order valence-corrected chi connectivity index (χ4v) is 3.69. The van der Waals surface area contributed by atoms with E-state index < -0.39 is 11.2 Å². The lowest BCUT2D eigenvalue weighted by Gasteiger charge is -2.22. The number of benzene rings is 1. The summed E-state index contributed by atoms with van der Waals surface area (Å²) in [5, 5.41) is 4.05. The number of carbonyl (C=O) groups excluding carboxylic acids is 1. The molecule has 6 nitrogen and oxygen atoms in total. The molecule has 27 heavy (non-hydrogen) atoms. The van der Waals surface area contributed by atoms with Gasteiger partial charge in [-0.3, -0.25) is 14.6 Å². The van der Waals surface area contributed by atoms with Crippen molar-refractivity contribution < 1.29 is 4.79 Å². The zero-order valence-electron chi connectivity index (χ0n) is 15.2. The molecule has 0 saturated heterocycles. The number of carbonyl (C=O) groups is 1. The van der Waals surface area contributed by atoms with Gasteiger partial charge in [0.15, 0.2) is 0 Å². The van der Waals surface area contributed by atoms with Gasteiger partial charge in [0, 0.05) is 24.3 Å². The minimum Gasteiger partial charge on any atom is -0.334 e. The van der Waals surface area contributed by atoms with Crippen LogP contribution in [0.1, 0.15) is 35.0 Å². The first-order valence-corrected chi connectivity index (χ1v) is 9.68. The highest BCUT2D eigenvalue weighted by atomic mass is 32.1. The topological polar surface area (TPSA) is 86.0 Å². The van der Waals surface area contributed by atoms with Crippen LogP contribution in [-0.2, 0) is 6.54 Å². The highest BCUT2D eigenvalue weighted by Crippen LogP contribution is 2.19. The summed E-state index contributed by atoms with van der Waals surface area (Å²) in [5.74, 6) is -0.0401. The molecule has 0 unspecified atom stereocenters. The SMILES string of the molecule is CCCN(Cc1ccsc1)C(=O)c1ccc(-c2c(C)[nH]c(=O)[nH]c2=O)cc1. The van der Waals surface area contributed by atoms with E-state index >= 15 is 0 Å². The molecule has 140 valence electrons. The second-order valence-electron chi connectivity index (χ2n) is 6.34. The Balaban J connectivity index is 1.86. The maximum Gasteiger partial charge on any atom is 0.325 e. The van der Waals surface area contributed by atoms with E-state index in [1.807, 2.05) is 28.7 Å². The number of nitrogens with zero attached hydrogens (tertiary/aromatic N) is 1. The molecule has 0 atom stereocenters. The Kier molecular flexibility index (Phi) is 5.71. The number of hydrogen-bond donors (Lipinski definition) is 2. The molecule has 2 aromatic heterocycles. The molecule has 7 heteroatoms. The summed E-state index contributed by atoms with van der Waals surface area (Å²) in [6.07, 6.45) is 0.875.